The Hall–Kier alpha value is -2.05. The molecule has 0 aromatic rings. The van der Waals surface area contributed by atoms with Crippen LogP contribution in [0.5, 0.6) is 0 Å². The van der Waals surface area contributed by atoms with Crippen LogP contribution in [0.25, 0.3) is 0 Å². The quantitative estimate of drug-likeness (QED) is 0.274. The molecule has 11 nitrogen and oxygen atoms in total. The van der Waals surface area contributed by atoms with E-state index in [0.717, 1.165) is 0 Å². The van der Waals surface area contributed by atoms with Crippen molar-refractivity contribution in [1.82, 2.24) is 0 Å². The Balaban J connectivity index is 1.83. The first-order chi connectivity index (χ1) is 15.4. The average Bonchev–Trinajstić information content (AvgIpc) is 3.19. The molecular formula is C22H32O11. The molecule has 0 aromatic heterocycles. The van der Waals surface area contributed by atoms with Crippen LogP contribution >= 0.6 is 0 Å². The summed E-state index contributed by atoms with van der Waals surface area (Å²) in [4.78, 5) is 36.3. The standard InChI is InChI=1S/C22H32O11/c1-7-26-15(23)9-20(5)30-14-11-29-22(12-28-19(25)13(3)4)18(17(14)31-20)32-21(6,33-22)10-16(24)27-8-2/h14,17-18H,3,7-12H2,1-2,4-6H3/t14-,17-,18+,20?,21?,22+/m1/s1. The molecule has 3 heterocycles. The van der Waals surface area contributed by atoms with Gasteiger partial charge in [0.25, 0.3) is 0 Å². The van der Waals surface area contributed by atoms with E-state index in [1.54, 1.807) is 27.7 Å². The fraction of sp³-hybridized carbons (Fsp3) is 0.773. The van der Waals surface area contributed by atoms with Crippen molar-refractivity contribution in [3.8, 4) is 0 Å². The lowest BCUT2D eigenvalue weighted by atomic mass is 9.97. The van der Waals surface area contributed by atoms with E-state index in [1.807, 2.05) is 0 Å². The molecule has 0 N–H and O–H groups in total. The van der Waals surface area contributed by atoms with E-state index < -0.39 is 53.6 Å². The van der Waals surface area contributed by atoms with Crippen LogP contribution in [0.3, 0.4) is 0 Å². The lowest BCUT2D eigenvalue weighted by Crippen LogP contribution is -2.60. The van der Waals surface area contributed by atoms with E-state index in [2.05, 4.69) is 6.58 Å². The van der Waals surface area contributed by atoms with E-state index in [-0.39, 0.29) is 44.8 Å². The zero-order valence-corrected chi connectivity index (χ0v) is 19.7. The van der Waals surface area contributed by atoms with Crippen molar-refractivity contribution < 1.29 is 52.3 Å². The Kier molecular flexibility index (Phi) is 7.49. The summed E-state index contributed by atoms with van der Waals surface area (Å²) in [5.74, 6) is -5.92. The first kappa shape index (κ1) is 25.6. The van der Waals surface area contributed by atoms with Crippen molar-refractivity contribution in [1.29, 1.82) is 0 Å². The molecule has 0 saturated carbocycles. The molecular weight excluding hydrogens is 440 g/mol. The third kappa shape index (κ3) is 5.55. The molecule has 11 heteroatoms. The maximum Gasteiger partial charge on any atom is 0.333 e. The van der Waals surface area contributed by atoms with Crippen molar-refractivity contribution in [2.24, 2.45) is 0 Å². The van der Waals surface area contributed by atoms with Crippen LogP contribution < -0.4 is 0 Å². The van der Waals surface area contributed by atoms with Gasteiger partial charge in [0.2, 0.25) is 5.79 Å². The molecule has 3 aliphatic heterocycles. The van der Waals surface area contributed by atoms with E-state index >= 15 is 0 Å². The Morgan fingerprint density at radius 2 is 1.55 bits per heavy atom. The molecule has 6 atom stereocenters. The van der Waals surface area contributed by atoms with Crippen LogP contribution in [0.15, 0.2) is 12.2 Å². The van der Waals surface area contributed by atoms with Crippen LogP contribution in [0.4, 0.5) is 0 Å². The van der Waals surface area contributed by atoms with Crippen molar-refractivity contribution in [3.63, 3.8) is 0 Å². The fourth-order valence-corrected chi connectivity index (χ4v) is 4.17. The zero-order valence-electron chi connectivity index (χ0n) is 19.7. The van der Waals surface area contributed by atoms with Gasteiger partial charge in [0.05, 0.1) is 32.7 Å². The van der Waals surface area contributed by atoms with Gasteiger partial charge in [-0.25, -0.2) is 4.79 Å². The molecule has 3 rings (SSSR count). The summed E-state index contributed by atoms with van der Waals surface area (Å²) in [5, 5.41) is 0. The Bertz CT molecular complexity index is 797. The molecule has 33 heavy (non-hydrogen) atoms. The number of hydrogen-bond acceptors (Lipinski definition) is 11. The van der Waals surface area contributed by atoms with Gasteiger partial charge < -0.3 is 37.9 Å². The summed E-state index contributed by atoms with van der Waals surface area (Å²) < 4.78 is 45.7. The van der Waals surface area contributed by atoms with Crippen molar-refractivity contribution in [3.05, 3.63) is 12.2 Å². The molecule has 3 fully saturated rings. The first-order valence-corrected chi connectivity index (χ1v) is 11.0. The van der Waals surface area contributed by atoms with Gasteiger partial charge in [-0.15, -0.1) is 0 Å². The zero-order chi connectivity index (χ0) is 24.4. The smallest absolute Gasteiger partial charge is 0.333 e. The lowest BCUT2D eigenvalue weighted by Gasteiger charge is -2.40. The molecule has 0 aromatic carbocycles. The number of carbonyl (C=O) groups is 3. The van der Waals surface area contributed by atoms with Gasteiger partial charge in [-0.05, 0) is 34.6 Å². The normalized spacial score (nSPS) is 37.1. The van der Waals surface area contributed by atoms with Crippen LogP contribution in [-0.4, -0.2) is 80.0 Å². The number of fused-ring (bicyclic) bond motifs is 3. The fourth-order valence-electron chi connectivity index (χ4n) is 4.17. The molecule has 0 spiro atoms. The summed E-state index contributed by atoms with van der Waals surface area (Å²) in [6.07, 6.45) is -2.62. The molecule has 2 unspecified atom stereocenters. The maximum atomic E-state index is 12.2. The van der Waals surface area contributed by atoms with Gasteiger partial charge in [-0.3, -0.25) is 9.59 Å². The van der Waals surface area contributed by atoms with E-state index in [4.69, 9.17) is 37.9 Å². The predicted molar refractivity (Wildman–Crippen MR) is 109 cm³/mol. The molecule has 186 valence electrons. The Morgan fingerprint density at radius 1 is 0.939 bits per heavy atom. The van der Waals surface area contributed by atoms with Gasteiger partial charge in [-0.1, -0.05) is 6.58 Å². The number of esters is 3. The third-order valence-corrected chi connectivity index (χ3v) is 5.44. The van der Waals surface area contributed by atoms with Gasteiger partial charge in [0.15, 0.2) is 11.6 Å². The predicted octanol–water partition coefficient (Wildman–Crippen LogP) is 1.37. The SMILES string of the molecule is C=C(C)C(=O)OC[C@@]12OC[C@H]3OC(C)(CC(=O)OCC)O[C@H]3[C@@H]1OC(C)(CC(=O)OCC)O2. The molecule has 3 saturated heterocycles. The first-order valence-electron chi connectivity index (χ1n) is 11.0. The summed E-state index contributed by atoms with van der Waals surface area (Å²) >= 11 is 0. The number of carbonyl (C=O) groups excluding carboxylic acids is 3. The molecule has 0 bridgehead atoms. The molecule has 0 radical (unpaired) electrons. The summed E-state index contributed by atoms with van der Waals surface area (Å²) in [5.41, 5.74) is 0.201. The Labute approximate surface area is 192 Å². The molecule has 3 aliphatic rings. The third-order valence-electron chi connectivity index (χ3n) is 5.44. The van der Waals surface area contributed by atoms with E-state index in [9.17, 15) is 14.4 Å². The van der Waals surface area contributed by atoms with Gasteiger partial charge in [-0.2, -0.15) is 0 Å². The minimum atomic E-state index is -1.56. The van der Waals surface area contributed by atoms with Gasteiger partial charge >= 0.3 is 17.9 Å². The summed E-state index contributed by atoms with van der Waals surface area (Å²) in [6, 6.07) is 0. The highest BCUT2D eigenvalue weighted by atomic mass is 16.9. The highest BCUT2D eigenvalue weighted by molar-refractivity contribution is 5.86. The topological polar surface area (TPSA) is 125 Å². The number of rotatable bonds is 9. The van der Waals surface area contributed by atoms with Crippen molar-refractivity contribution >= 4 is 17.9 Å². The van der Waals surface area contributed by atoms with Crippen molar-refractivity contribution in [2.75, 3.05) is 26.4 Å². The second kappa shape index (κ2) is 9.67. The number of ether oxygens (including phenoxy) is 8. The van der Waals surface area contributed by atoms with Crippen LogP contribution in [0, 0.1) is 0 Å². The highest BCUT2D eigenvalue weighted by Gasteiger charge is 2.67. The average molecular weight is 472 g/mol. The Morgan fingerprint density at radius 3 is 2.12 bits per heavy atom. The van der Waals surface area contributed by atoms with E-state index in [1.165, 1.54) is 6.92 Å². The van der Waals surface area contributed by atoms with E-state index in [0.29, 0.717) is 0 Å². The summed E-state index contributed by atoms with van der Waals surface area (Å²) in [7, 11) is 0. The largest absolute Gasteiger partial charge is 0.466 e. The second-order valence-corrected chi connectivity index (χ2v) is 8.59. The molecule has 0 aliphatic carbocycles. The number of hydrogen-bond donors (Lipinski definition) is 0. The maximum absolute atomic E-state index is 12.2. The van der Waals surface area contributed by atoms with Crippen molar-refractivity contribution in [2.45, 2.75) is 83.1 Å². The minimum Gasteiger partial charge on any atom is -0.466 e. The second-order valence-electron chi connectivity index (χ2n) is 8.59. The highest BCUT2D eigenvalue weighted by Crippen LogP contribution is 2.49. The van der Waals surface area contributed by atoms with Crippen LogP contribution in [-0.2, 0) is 52.3 Å². The van der Waals surface area contributed by atoms with Gasteiger partial charge in [0, 0.05) is 5.57 Å². The van der Waals surface area contributed by atoms with Crippen LogP contribution in [0.2, 0.25) is 0 Å². The minimum absolute atomic E-state index is 0.0169. The lowest BCUT2D eigenvalue weighted by molar-refractivity contribution is -0.298. The molecule has 0 amide bonds. The monoisotopic (exact) mass is 472 g/mol. The summed E-state index contributed by atoms with van der Waals surface area (Å²) in [6.45, 7) is 11.8. The van der Waals surface area contributed by atoms with Gasteiger partial charge in [0.1, 0.15) is 24.9 Å². The van der Waals surface area contributed by atoms with Crippen LogP contribution in [0.1, 0.15) is 47.5 Å².